The van der Waals surface area contributed by atoms with Crippen molar-refractivity contribution >= 4 is 35.5 Å². The SMILES string of the molecule is CC(C)(C)OC(=O)N(CCO)CCCn1cc(CNc2nc(NC3CCN(C(=O)CCNC(=O)C4(O)CC(O)C(O)C(O)C4)CC3)cc(N3CCOCC3)n2)nn1. The molecule has 21 heteroatoms. The first kappa shape index (κ1) is 43.7. The second kappa shape index (κ2) is 19.8. The lowest BCUT2D eigenvalue weighted by Gasteiger charge is -2.39. The van der Waals surface area contributed by atoms with Crippen molar-refractivity contribution in [2.45, 2.75) is 108 Å². The largest absolute Gasteiger partial charge is 0.444 e. The Labute approximate surface area is 331 Å². The maximum Gasteiger partial charge on any atom is 0.410 e. The van der Waals surface area contributed by atoms with Crippen molar-refractivity contribution in [3.8, 4) is 0 Å². The molecule has 0 radical (unpaired) electrons. The number of nitrogens with zero attached hydrogens (tertiary/aromatic N) is 8. The van der Waals surface area contributed by atoms with E-state index in [0.29, 0.717) is 95.7 Å². The lowest BCUT2D eigenvalue weighted by Crippen LogP contribution is -2.59. The standard InChI is InChI=1S/C36H59N11O10/c1-35(2,3)57-34(54)46(13-16-48)9-4-10-47-23-25(42-43-47)22-38-33-40-28(19-29(41-33)44-14-17-56-18-15-44)39-24-6-11-45(12-7-24)30(51)5-8-37-32(53)36(55)20-26(49)31(52)27(50)21-36/h19,23-24,26-27,31,48-50,52,55H,4-18,20-22H2,1-3H3,(H,37,53)(H2,38,39,40,41). The van der Waals surface area contributed by atoms with Gasteiger partial charge in [0.2, 0.25) is 11.9 Å². The van der Waals surface area contributed by atoms with Gasteiger partial charge in [0.25, 0.3) is 5.91 Å². The minimum atomic E-state index is -2.04. The van der Waals surface area contributed by atoms with Crippen LogP contribution < -0.4 is 20.9 Å². The fourth-order valence-electron chi connectivity index (χ4n) is 6.95. The van der Waals surface area contributed by atoms with Crippen LogP contribution in [0.4, 0.5) is 22.4 Å². The van der Waals surface area contributed by atoms with Gasteiger partial charge in [0.15, 0.2) is 0 Å². The van der Waals surface area contributed by atoms with Gasteiger partial charge >= 0.3 is 6.09 Å². The zero-order chi connectivity index (χ0) is 41.2. The molecule has 3 fully saturated rings. The molecule has 5 rings (SSSR count). The predicted molar refractivity (Wildman–Crippen MR) is 205 cm³/mol. The van der Waals surface area contributed by atoms with E-state index >= 15 is 0 Å². The number of amides is 3. The number of ether oxygens (including phenoxy) is 2. The van der Waals surface area contributed by atoms with Gasteiger partial charge in [-0.25, -0.2) is 4.79 Å². The van der Waals surface area contributed by atoms with Crippen LogP contribution in [0, 0.1) is 0 Å². The molecule has 318 valence electrons. The van der Waals surface area contributed by atoms with Gasteiger partial charge in [0.1, 0.15) is 34.6 Å². The monoisotopic (exact) mass is 805 g/mol. The van der Waals surface area contributed by atoms with Crippen molar-refractivity contribution in [2.24, 2.45) is 0 Å². The van der Waals surface area contributed by atoms with E-state index in [-0.39, 0.29) is 38.1 Å². The number of aliphatic hydroxyl groups is 5. The third kappa shape index (κ3) is 12.8. The minimum Gasteiger partial charge on any atom is -0.444 e. The van der Waals surface area contributed by atoms with Gasteiger partial charge in [0.05, 0.1) is 44.8 Å². The van der Waals surface area contributed by atoms with Crippen molar-refractivity contribution in [2.75, 3.05) is 81.2 Å². The Morgan fingerprint density at radius 1 is 1.04 bits per heavy atom. The summed E-state index contributed by atoms with van der Waals surface area (Å²) in [5, 5.41) is 67.4. The minimum absolute atomic E-state index is 0.0165. The summed E-state index contributed by atoms with van der Waals surface area (Å²) >= 11 is 0. The number of hydrogen-bond donors (Lipinski definition) is 8. The lowest BCUT2D eigenvalue weighted by atomic mass is 9.79. The fourth-order valence-corrected chi connectivity index (χ4v) is 6.95. The average molecular weight is 806 g/mol. The molecule has 4 heterocycles. The van der Waals surface area contributed by atoms with Gasteiger partial charge in [-0.15, -0.1) is 5.10 Å². The number of carbonyl (C=O) groups is 3. The second-order valence-electron chi connectivity index (χ2n) is 15.8. The quantitative estimate of drug-likeness (QED) is 0.0975. The number of aliphatic hydroxyl groups excluding tert-OH is 4. The van der Waals surface area contributed by atoms with Gasteiger partial charge in [-0.1, -0.05) is 5.21 Å². The summed E-state index contributed by atoms with van der Waals surface area (Å²) in [4.78, 5) is 52.9. The highest BCUT2D eigenvalue weighted by atomic mass is 16.6. The molecule has 2 atom stereocenters. The Balaban J connectivity index is 1.10. The lowest BCUT2D eigenvalue weighted by molar-refractivity contribution is -0.172. The van der Waals surface area contributed by atoms with E-state index in [0.717, 1.165) is 5.82 Å². The van der Waals surface area contributed by atoms with E-state index in [4.69, 9.17) is 19.4 Å². The summed E-state index contributed by atoms with van der Waals surface area (Å²) in [6.45, 7) is 10.1. The molecular formula is C36H59N11O10. The highest BCUT2D eigenvalue weighted by Gasteiger charge is 2.48. The zero-order valence-electron chi connectivity index (χ0n) is 33.0. The van der Waals surface area contributed by atoms with Crippen LogP contribution >= 0.6 is 0 Å². The highest BCUT2D eigenvalue weighted by molar-refractivity contribution is 5.86. The number of morpholine rings is 1. The molecule has 8 N–H and O–H groups in total. The molecule has 21 nitrogen and oxygen atoms in total. The van der Waals surface area contributed by atoms with Gasteiger partial charge in [0, 0.05) is 83.7 Å². The Bertz CT molecular complexity index is 1620. The summed E-state index contributed by atoms with van der Waals surface area (Å²) in [5.74, 6) is 0.823. The van der Waals surface area contributed by atoms with Crippen LogP contribution in [0.3, 0.4) is 0 Å². The topological polar surface area (TPSA) is 273 Å². The maximum atomic E-state index is 13.0. The molecule has 1 aliphatic carbocycles. The van der Waals surface area contributed by atoms with E-state index in [2.05, 4.69) is 31.2 Å². The van der Waals surface area contributed by atoms with Gasteiger partial charge in [-0.2, -0.15) is 9.97 Å². The maximum absolute atomic E-state index is 13.0. The molecule has 1 saturated carbocycles. The fraction of sp³-hybridized carbons (Fsp3) is 0.750. The number of hydrogen-bond acceptors (Lipinski definition) is 17. The summed E-state index contributed by atoms with van der Waals surface area (Å²) in [6.07, 6.45) is -1.91. The molecule has 2 aromatic rings. The number of anilines is 3. The zero-order valence-corrected chi connectivity index (χ0v) is 33.0. The summed E-state index contributed by atoms with van der Waals surface area (Å²) < 4.78 is 12.7. The Morgan fingerprint density at radius 2 is 1.74 bits per heavy atom. The molecule has 2 aliphatic heterocycles. The smallest absolute Gasteiger partial charge is 0.410 e. The van der Waals surface area contributed by atoms with Gasteiger partial charge in [-0.3, -0.25) is 14.3 Å². The van der Waals surface area contributed by atoms with Crippen molar-refractivity contribution < 1.29 is 49.4 Å². The van der Waals surface area contributed by atoms with Crippen molar-refractivity contribution in [3.05, 3.63) is 18.0 Å². The Morgan fingerprint density at radius 3 is 2.40 bits per heavy atom. The number of aryl methyl sites for hydroxylation is 1. The Kier molecular flexibility index (Phi) is 15.2. The summed E-state index contributed by atoms with van der Waals surface area (Å²) in [7, 11) is 0. The first-order valence-electron chi connectivity index (χ1n) is 19.6. The number of likely N-dealkylation sites (tertiary alicyclic amines) is 1. The van der Waals surface area contributed by atoms with Crippen molar-refractivity contribution in [1.29, 1.82) is 0 Å². The number of aromatic nitrogens is 5. The average Bonchev–Trinajstić information content (AvgIpc) is 3.63. The second-order valence-corrected chi connectivity index (χ2v) is 15.8. The van der Waals surface area contributed by atoms with Crippen LogP contribution in [-0.4, -0.2) is 179 Å². The molecule has 2 unspecified atom stereocenters. The van der Waals surface area contributed by atoms with Crippen LogP contribution in [0.15, 0.2) is 12.3 Å². The van der Waals surface area contributed by atoms with Crippen LogP contribution in [0.25, 0.3) is 0 Å². The van der Waals surface area contributed by atoms with E-state index < -0.39 is 54.4 Å². The van der Waals surface area contributed by atoms with Crippen molar-refractivity contribution in [3.63, 3.8) is 0 Å². The van der Waals surface area contributed by atoms with Gasteiger partial charge in [-0.05, 0) is 40.0 Å². The molecule has 2 saturated heterocycles. The van der Waals surface area contributed by atoms with Crippen LogP contribution in [0.5, 0.6) is 0 Å². The molecule has 0 spiro atoms. The number of carbonyl (C=O) groups excluding carboxylic acids is 3. The predicted octanol–water partition coefficient (Wildman–Crippen LogP) is -1.35. The van der Waals surface area contributed by atoms with Crippen LogP contribution in [0.1, 0.15) is 65.0 Å². The van der Waals surface area contributed by atoms with E-state index in [9.17, 15) is 39.9 Å². The first-order chi connectivity index (χ1) is 27.1. The normalized spacial score (nSPS) is 23.2. The molecule has 0 aromatic carbocycles. The third-order valence-corrected chi connectivity index (χ3v) is 10.0. The number of rotatable bonds is 16. The molecule has 2 aromatic heterocycles. The first-order valence-corrected chi connectivity index (χ1v) is 19.6. The molecule has 0 bridgehead atoms. The van der Waals surface area contributed by atoms with Gasteiger partial charge < -0.3 is 65.7 Å². The van der Waals surface area contributed by atoms with E-state index in [1.807, 2.05) is 12.3 Å². The summed E-state index contributed by atoms with van der Waals surface area (Å²) in [5.41, 5.74) is -2.01. The molecular weight excluding hydrogens is 746 g/mol. The Hall–Kier alpha value is -4.41. The molecule has 3 amide bonds. The van der Waals surface area contributed by atoms with Crippen LogP contribution in [-0.2, 0) is 32.2 Å². The molecule has 3 aliphatic rings. The summed E-state index contributed by atoms with van der Waals surface area (Å²) in [6, 6.07) is 1.94. The number of piperidine rings is 1. The van der Waals surface area contributed by atoms with E-state index in [1.54, 1.807) is 30.4 Å². The number of nitrogens with one attached hydrogen (secondary N) is 3. The highest BCUT2D eigenvalue weighted by Crippen LogP contribution is 2.29. The van der Waals surface area contributed by atoms with Crippen molar-refractivity contribution in [1.82, 2.24) is 40.1 Å². The van der Waals surface area contributed by atoms with E-state index in [1.165, 1.54) is 4.90 Å². The van der Waals surface area contributed by atoms with Crippen LogP contribution in [0.2, 0.25) is 0 Å². The third-order valence-electron chi connectivity index (χ3n) is 10.0. The molecule has 57 heavy (non-hydrogen) atoms.